The van der Waals surface area contributed by atoms with E-state index < -0.39 is 0 Å². The van der Waals surface area contributed by atoms with Crippen LogP contribution in [-0.4, -0.2) is 24.6 Å². The molecule has 1 aliphatic rings. The average molecular weight is 301 g/mol. The lowest BCUT2D eigenvalue weighted by Gasteiger charge is -2.13. The number of rotatable bonds is 4. The molecule has 114 valence electrons. The van der Waals surface area contributed by atoms with Crippen molar-refractivity contribution in [3.05, 3.63) is 65.5 Å². The number of carbonyl (C=O) groups is 1. The van der Waals surface area contributed by atoms with Crippen molar-refractivity contribution in [1.82, 2.24) is 4.90 Å². The molecule has 0 aromatic heterocycles. The standard InChI is InChI=1S/C17H16FNO3/c1-21-15-8-2-12(3-9-15)10-19-11-16(22-17(19)20)13-4-6-14(18)7-5-13/h2-9,16H,10-11H2,1H3. The van der Waals surface area contributed by atoms with Gasteiger partial charge < -0.3 is 9.47 Å². The first kappa shape index (κ1) is 14.4. The second-order valence-corrected chi connectivity index (χ2v) is 5.15. The highest BCUT2D eigenvalue weighted by Gasteiger charge is 2.32. The molecular formula is C17H16FNO3. The Morgan fingerprint density at radius 1 is 1.18 bits per heavy atom. The number of hydrogen-bond donors (Lipinski definition) is 0. The first-order valence-electron chi connectivity index (χ1n) is 6.99. The van der Waals surface area contributed by atoms with Crippen LogP contribution in [0.2, 0.25) is 0 Å². The summed E-state index contributed by atoms with van der Waals surface area (Å²) in [7, 11) is 1.61. The lowest BCUT2D eigenvalue weighted by Crippen LogP contribution is -2.23. The fourth-order valence-corrected chi connectivity index (χ4v) is 2.44. The van der Waals surface area contributed by atoms with Gasteiger partial charge in [-0.2, -0.15) is 0 Å². The van der Waals surface area contributed by atoms with Crippen LogP contribution in [0.1, 0.15) is 17.2 Å². The zero-order valence-electron chi connectivity index (χ0n) is 12.2. The number of halogens is 1. The van der Waals surface area contributed by atoms with Crippen LogP contribution in [0.15, 0.2) is 48.5 Å². The lowest BCUT2D eigenvalue weighted by atomic mass is 10.1. The van der Waals surface area contributed by atoms with E-state index in [2.05, 4.69) is 0 Å². The second kappa shape index (κ2) is 6.05. The van der Waals surface area contributed by atoms with E-state index in [0.717, 1.165) is 16.9 Å². The normalized spacial score (nSPS) is 17.5. The number of nitrogens with zero attached hydrogens (tertiary/aromatic N) is 1. The van der Waals surface area contributed by atoms with E-state index in [1.807, 2.05) is 24.3 Å². The Labute approximate surface area is 128 Å². The molecule has 1 unspecified atom stereocenters. The van der Waals surface area contributed by atoms with Crippen molar-refractivity contribution in [3.8, 4) is 5.75 Å². The number of hydrogen-bond acceptors (Lipinski definition) is 3. The van der Waals surface area contributed by atoms with Gasteiger partial charge in [-0.3, -0.25) is 4.90 Å². The van der Waals surface area contributed by atoms with Gasteiger partial charge in [0.1, 0.15) is 17.7 Å². The quantitative estimate of drug-likeness (QED) is 0.867. The monoisotopic (exact) mass is 301 g/mol. The fraction of sp³-hybridized carbons (Fsp3) is 0.235. The summed E-state index contributed by atoms with van der Waals surface area (Å²) in [5, 5.41) is 0. The molecular weight excluding hydrogens is 285 g/mol. The van der Waals surface area contributed by atoms with E-state index in [9.17, 15) is 9.18 Å². The van der Waals surface area contributed by atoms with Gasteiger partial charge in [0.2, 0.25) is 0 Å². The Morgan fingerprint density at radius 2 is 1.86 bits per heavy atom. The van der Waals surface area contributed by atoms with Gasteiger partial charge in [0.15, 0.2) is 0 Å². The summed E-state index contributed by atoms with van der Waals surface area (Å²) in [6.07, 6.45) is -0.712. The molecule has 0 spiro atoms. The topological polar surface area (TPSA) is 38.8 Å². The molecule has 1 saturated heterocycles. The number of benzene rings is 2. The molecule has 5 heteroatoms. The number of amides is 1. The largest absolute Gasteiger partial charge is 0.497 e. The Bertz CT molecular complexity index is 655. The molecule has 0 aliphatic carbocycles. The minimum Gasteiger partial charge on any atom is -0.497 e. The van der Waals surface area contributed by atoms with Crippen LogP contribution in [0.3, 0.4) is 0 Å². The highest BCUT2D eigenvalue weighted by Crippen LogP contribution is 2.27. The highest BCUT2D eigenvalue weighted by molar-refractivity contribution is 5.70. The second-order valence-electron chi connectivity index (χ2n) is 5.15. The van der Waals surface area contributed by atoms with Crippen molar-refractivity contribution in [2.24, 2.45) is 0 Å². The molecule has 2 aromatic carbocycles. The summed E-state index contributed by atoms with van der Waals surface area (Å²) in [6.45, 7) is 0.928. The maximum Gasteiger partial charge on any atom is 0.410 e. The average Bonchev–Trinajstić information content (AvgIpc) is 2.90. The summed E-state index contributed by atoms with van der Waals surface area (Å²) in [5.41, 5.74) is 1.80. The first-order valence-corrected chi connectivity index (χ1v) is 6.99. The van der Waals surface area contributed by atoms with E-state index in [1.165, 1.54) is 12.1 Å². The minimum atomic E-state index is -0.356. The van der Waals surface area contributed by atoms with Gasteiger partial charge in [-0.05, 0) is 35.4 Å². The molecule has 0 saturated carbocycles. The van der Waals surface area contributed by atoms with Crippen LogP contribution in [0.25, 0.3) is 0 Å². The Kier molecular flexibility index (Phi) is 3.96. The van der Waals surface area contributed by atoms with Crippen LogP contribution in [0.5, 0.6) is 5.75 Å². The molecule has 3 rings (SSSR count). The van der Waals surface area contributed by atoms with Crippen molar-refractivity contribution in [2.45, 2.75) is 12.6 Å². The van der Waals surface area contributed by atoms with Crippen molar-refractivity contribution in [2.75, 3.05) is 13.7 Å². The zero-order valence-corrected chi connectivity index (χ0v) is 12.2. The first-order chi connectivity index (χ1) is 10.7. The van der Waals surface area contributed by atoms with Gasteiger partial charge in [-0.1, -0.05) is 24.3 Å². The zero-order chi connectivity index (χ0) is 15.5. The molecule has 1 fully saturated rings. The van der Waals surface area contributed by atoms with Crippen molar-refractivity contribution in [1.29, 1.82) is 0 Å². The third-order valence-electron chi connectivity index (χ3n) is 3.66. The molecule has 4 nitrogen and oxygen atoms in total. The van der Waals surface area contributed by atoms with Gasteiger partial charge in [-0.15, -0.1) is 0 Å². The molecule has 1 atom stereocenters. The smallest absolute Gasteiger partial charge is 0.410 e. The van der Waals surface area contributed by atoms with Crippen LogP contribution < -0.4 is 4.74 Å². The predicted molar refractivity (Wildman–Crippen MR) is 79.0 cm³/mol. The van der Waals surface area contributed by atoms with Gasteiger partial charge in [0.25, 0.3) is 0 Å². The molecule has 1 amide bonds. The number of methoxy groups -OCH3 is 1. The molecule has 0 N–H and O–H groups in total. The molecule has 2 aromatic rings. The van der Waals surface area contributed by atoms with E-state index in [1.54, 1.807) is 24.1 Å². The molecule has 1 heterocycles. The minimum absolute atomic E-state index is 0.303. The predicted octanol–water partition coefficient (Wildman–Crippen LogP) is 3.53. The van der Waals surface area contributed by atoms with E-state index in [0.29, 0.717) is 13.1 Å². The van der Waals surface area contributed by atoms with Gasteiger partial charge in [0.05, 0.1) is 13.7 Å². The summed E-state index contributed by atoms with van der Waals surface area (Å²) < 4.78 is 23.4. The Hall–Kier alpha value is -2.56. The van der Waals surface area contributed by atoms with Gasteiger partial charge in [0, 0.05) is 6.54 Å². The molecule has 0 bridgehead atoms. The Balaban J connectivity index is 1.67. The highest BCUT2D eigenvalue weighted by atomic mass is 19.1. The van der Waals surface area contributed by atoms with E-state index >= 15 is 0 Å². The maximum absolute atomic E-state index is 12.9. The maximum atomic E-state index is 12.9. The Morgan fingerprint density at radius 3 is 2.50 bits per heavy atom. The third-order valence-corrected chi connectivity index (χ3v) is 3.66. The van der Waals surface area contributed by atoms with E-state index in [4.69, 9.17) is 9.47 Å². The number of carbonyl (C=O) groups excluding carboxylic acids is 1. The SMILES string of the molecule is COc1ccc(CN2CC(c3ccc(F)cc3)OC2=O)cc1. The van der Waals surface area contributed by atoms with Gasteiger partial charge in [-0.25, -0.2) is 9.18 Å². The van der Waals surface area contributed by atoms with Crippen LogP contribution >= 0.6 is 0 Å². The van der Waals surface area contributed by atoms with Crippen molar-refractivity contribution in [3.63, 3.8) is 0 Å². The summed E-state index contributed by atoms with van der Waals surface area (Å²) in [5.74, 6) is 0.472. The molecule has 0 radical (unpaired) electrons. The number of ether oxygens (including phenoxy) is 2. The van der Waals surface area contributed by atoms with Gasteiger partial charge >= 0.3 is 6.09 Å². The summed E-state index contributed by atoms with van der Waals surface area (Å²) in [4.78, 5) is 13.6. The van der Waals surface area contributed by atoms with Crippen molar-refractivity contribution >= 4 is 6.09 Å². The molecule has 1 aliphatic heterocycles. The van der Waals surface area contributed by atoms with Crippen molar-refractivity contribution < 1.29 is 18.7 Å². The van der Waals surface area contributed by atoms with Crippen LogP contribution in [-0.2, 0) is 11.3 Å². The summed E-state index contributed by atoms with van der Waals surface area (Å²) in [6, 6.07) is 13.6. The lowest BCUT2D eigenvalue weighted by molar-refractivity contribution is 0.132. The van der Waals surface area contributed by atoms with Crippen LogP contribution in [0.4, 0.5) is 9.18 Å². The molecule has 22 heavy (non-hydrogen) atoms. The third kappa shape index (κ3) is 3.03. The van der Waals surface area contributed by atoms with Crippen LogP contribution in [0, 0.1) is 5.82 Å². The number of cyclic esters (lactones) is 1. The van der Waals surface area contributed by atoms with E-state index in [-0.39, 0.29) is 18.0 Å². The fourth-order valence-electron chi connectivity index (χ4n) is 2.44. The summed E-state index contributed by atoms with van der Waals surface area (Å²) >= 11 is 0.